The van der Waals surface area contributed by atoms with Crippen molar-refractivity contribution in [2.75, 3.05) is 6.61 Å². The minimum absolute atomic E-state index is 0.0666. The third kappa shape index (κ3) is 5.69. The lowest BCUT2D eigenvalue weighted by Crippen LogP contribution is -2.15. The van der Waals surface area contributed by atoms with Crippen molar-refractivity contribution in [1.82, 2.24) is 0 Å². The Balaban J connectivity index is 2.32. The molecule has 0 bridgehead atoms. The van der Waals surface area contributed by atoms with E-state index in [0.29, 0.717) is 0 Å². The van der Waals surface area contributed by atoms with Crippen LogP contribution in [0.15, 0.2) is 30.3 Å². The molecule has 0 heterocycles. The zero-order valence-electron chi connectivity index (χ0n) is 11.2. The van der Waals surface area contributed by atoms with Gasteiger partial charge in [0.2, 0.25) is 0 Å². The van der Waals surface area contributed by atoms with Crippen molar-refractivity contribution >= 4 is 6.08 Å². The number of hydrogen-bond acceptors (Lipinski definition) is 1. The number of hydrogen-bond donors (Lipinski definition) is 1. The molecule has 0 atom stereocenters. The summed E-state index contributed by atoms with van der Waals surface area (Å²) in [4.78, 5) is 0. The summed E-state index contributed by atoms with van der Waals surface area (Å²) in [5, 5.41) is 9.14. The van der Waals surface area contributed by atoms with E-state index in [1.54, 1.807) is 0 Å². The van der Waals surface area contributed by atoms with Crippen LogP contribution in [0.25, 0.3) is 6.08 Å². The summed E-state index contributed by atoms with van der Waals surface area (Å²) in [5.41, 5.74) is 2.64. The SMILES string of the molecule is Cc1cccc(/C=C/CCCC(C)(C)CO)c1. The highest BCUT2D eigenvalue weighted by molar-refractivity contribution is 5.49. The Kier molecular flexibility index (Phi) is 5.43. The molecular weight excluding hydrogens is 208 g/mol. The van der Waals surface area contributed by atoms with Crippen molar-refractivity contribution in [3.8, 4) is 0 Å². The Morgan fingerprint density at radius 1 is 1.29 bits per heavy atom. The van der Waals surface area contributed by atoms with Gasteiger partial charge in [0.25, 0.3) is 0 Å². The van der Waals surface area contributed by atoms with Gasteiger partial charge in [-0.25, -0.2) is 0 Å². The highest BCUT2D eigenvalue weighted by atomic mass is 16.3. The van der Waals surface area contributed by atoms with Crippen molar-refractivity contribution in [3.63, 3.8) is 0 Å². The van der Waals surface area contributed by atoms with E-state index in [4.69, 9.17) is 5.11 Å². The lowest BCUT2D eigenvalue weighted by molar-refractivity contribution is 0.148. The van der Waals surface area contributed by atoms with Gasteiger partial charge in [0.1, 0.15) is 0 Å². The highest BCUT2D eigenvalue weighted by Crippen LogP contribution is 2.22. The number of allylic oxidation sites excluding steroid dienone is 1. The van der Waals surface area contributed by atoms with Crippen LogP contribution < -0.4 is 0 Å². The van der Waals surface area contributed by atoms with Crippen LogP contribution in [0.4, 0.5) is 0 Å². The zero-order valence-corrected chi connectivity index (χ0v) is 11.2. The van der Waals surface area contributed by atoms with Crippen molar-refractivity contribution in [3.05, 3.63) is 41.5 Å². The van der Waals surface area contributed by atoms with Crippen LogP contribution in [0.1, 0.15) is 44.2 Å². The molecule has 1 nitrogen and oxygen atoms in total. The smallest absolute Gasteiger partial charge is 0.0482 e. The molecule has 94 valence electrons. The second-order valence-electron chi connectivity index (χ2n) is 5.53. The van der Waals surface area contributed by atoms with Crippen LogP contribution in [0.3, 0.4) is 0 Å². The summed E-state index contributed by atoms with van der Waals surface area (Å²) in [7, 11) is 0. The molecular formula is C16H24O. The quantitative estimate of drug-likeness (QED) is 0.729. The minimum atomic E-state index is 0.0666. The maximum absolute atomic E-state index is 9.14. The topological polar surface area (TPSA) is 20.2 Å². The molecule has 1 rings (SSSR count). The summed E-state index contributed by atoms with van der Waals surface area (Å²) >= 11 is 0. The number of rotatable bonds is 6. The van der Waals surface area contributed by atoms with Gasteiger partial charge < -0.3 is 5.11 Å². The summed E-state index contributed by atoms with van der Waals surface area (Å²) < 4.78 is 0. The Labute approximate surface area is 105 Å². The molecule has 1 N–H and O–H groups in total. The normalized spacial score (nSPS) is 12.2. The van der Waals surface area contributed by atoms with Gasteiger partial charge in [0.05, 0.1) is 0 Å². The highest BCUT2D eigenvalue weighted by Gasteiger charge is 2.14. The molecule has 0 aliphatic carbocycles. The number of aryl methyl sites for hydroxylation is 1. The Morgan fingerprint density at radius 3 is 2.71 bits per heavy atom. The first-order valence-corrected chi connectivity index (χ1v) is 6.37. The van der Waals surface area contributed by atoms with Crippen LogP contribution in [-0.2, 0) is 0 Å². The van der Waals surface area contributed by atoms with Crippen LogP contribution in [-0.4, -0.2) is 11.7 Å². The molecule has 17 heavy (non-hydrogen) atoms. The molecule has 0 aliphatic heterocycles. The maximum Gasteiger partial charge on any atom is 0.0482 e. The first-order valence-electron chi connectivity index (χ1n) is 6.37. The van der Waals surface area contributed by atoms with Crippen molar-refractivity contribution < 1.29 is 5.11 Å². The second kappa shape index (κ2) is 6.61. The molecule has 0 saturated heterocycles. The molecule has 1 aromatic rings. The average Bonchev–Trinajstić information content (AvgIpc) is 2.29. The Bertz CT molecular complexity index is 364. The van der Waals surface area contributed by atoms with Gasteiger partial charge in [0, 0.05) is 6.61 Å². The van der Waals surface area contributed by atoms with E-state index in [-0.39, 0.29) is 12.0 Å². The van der Waals surface area contributed by atoms with Gasteiger partial charge in [-0.3, -0.25) is 0 Å². The first-order chi connectivity index (χ1) is 8.03. The van der Waals surface area contributed by atoms with E-state index in [1.807, 2.05) is 0 Å². The Morgan fingerprint density at radius 2 is 2.06 bits per heavy atom. The van der Waals surface area contributed by atoms with Crippen LogP contribution in [0.5, 0.6) is 0 Å². The fourth-order valence-corrected chi connectivity index (χ4v) is 1.77. The van der Waals surface area contributed by atoms with Gasteiger partial charge >= 0.3 is 0 Å². The zero-order chi connectivity index (χ0) is 12.7. The predicted molar refractivity (Wildman–Crippen MR) is 74.9 cm³/mol. The molecule has 0 saturated carbocycles. The maximum atomic E-state index is 9.14. The Hall–Kier alpha value is -1.08. The summed E-state index contributed by atoms with van der Waals surface area (Å²) in [6, 6.07) is 8.51. The number of benzene rings is 1. The van der Waals surface area contributed by atoms with Gasteiger partial charge in [-0.15, -0.1) is 0 Å². The average molecular weight is 232 g/mol. The van der Waals surface area contributed by atoms with Gasteiger partial charge in [0.15, 0.2) is 0 Å². The van der Waals surface area contributed by atoms with E-state index in [2.05, 4.69) is 57.2 Å². The lowest BCUT2D eigenvalue weighted by Gasteiger charge is -2.20. The summed E-state index contributed by atoms with van der Waals surface area (Å²) in [6.07, 6.45) is 7.69. The first kappa shape index (κ1) is 14.0. The van der Waals surface area contributed by atoms with E-state index in [1.165, 1.54) is 11.1 Å². The van der Waals surface area contributed by atoms with Crippen LogP contribution >= 0.6 is 0 Å². The van der Waals surface area contributed by atoms with E-state index in [9.17, 15) is 0 Å². The molecule has 0 spiro atoms. The second-order valence-corrected chi connectivity index (χ2v) is 5.53. The molecule has 0 aromatic heterocycles. The fourth-order valence-electron chi connectivity index (χ4n) is 1.77. The fraction of sp³-hybridized carbons (Fsp3) is 0.500. The lowest BCUT2D eigenvalue weighted by atomic mass is 9.88. The standard InChI is InChI=1S/C16H24O/c1-14-8-7-10-15(12-14)9-5-4-6-11-16(2,3)13-17/h5,7-10,12,17H,4,6,11,13H2,1-3H3/b9-5+. The third-order valence-corrected chi connectivity index (χ3v) is 3.00. The molecule has 1 aromatic carbocycles. The molecule has 0 fully saturated rings. The molecule has 0 unspecified atom stereocenters. The van der Waals surface area contributed by atoms with Crippen LogP contribution in [0, 0.1) is 12.3 Å². The molecule has 0 aliphatic rings. The largest absolute Gasteiger partial charge is 0.396 e. The number of aliphatic hydroxyl groups is 1. The van der Waals surface area contributed by atoms with Crippen molar-refractivity contribution in [2.24, 2.45) is 5.41 Å². The van der Waals surface area contributed by atoms with E-state index in [0.717, 1.165) is 19.3 Å². The molecule has 0 radical (unpaired) electrons. The third-order valence-electron chi connectivity index (χ3n) is 3.00. The van der Waals surface area contributed by atoms with Crippen molar-refractivity contribution in [2.45, 2.75) is 40.0 Å². The summed E-state index contributed by atoms with van der Waals surface area (Å²) in [5.74, 6) is 0. The van der Waals surface area contributed by atoms with Gasteiger partial charge in [-0.05, 0) is 37.2 Å². The van der Waals surface area contributed by atoms with E-state index < -0.39 is 0 Å². The van der Waals surface area contributed by atoms with Crippen LogP contribution in [0.2, 0.25) is 0 Å². The molecule has 1 heteroatoms. The number of aliphatic hydroxyl groups excluding tert-OH is 1. The predicted octanol–water partition coefficient (Wildman–Crippen LogP) is 4.20. The van der Waals surface area contributed by atoms with Gasteiger partial charge in [-0.2, -0.15) is 0 Å². The molecule has 0 amide bonds. The van der Waals surface area contributed by atoms with E-state index >= 15 is 0 Å². The summed E-state index contributed by atoms with van der Waals surface area (Å²) in [6.45, 7) is 6.60. The number of unbranched alkanes of at least 4 members (excludes halogenated alkanes) is 1. The monoisotopic (exact) mass is 232 g/mol. The van der Waals surface area contributed by atoms with Crippen molar-refractivity contribution in [1.29, 1.82) is 0 Å². The van der Waals surface area contributed by atoms with Gasteiger partial charge in [-0.1, -0.05) is 55.8 Å². The minimum Gasteiger partial charge on any atom is -0.396 e.